The number of aromatic carboxylic acids is 1. The second-order valence-electron chi connectivity index (χ2n) is 4.06. The van der Waals surface area contributed by atoms with E-state index in [9.17, 15) is 22.8 Å². The molecular weight excluding hydrogens is 287 g/mol. The van der Waals surface area contributed by atoms with Gasteiger partial charge in [-0.1, -0.05) is 6.07 Å². The highest BCUT2D eigenvalue weighted by atomic mass is 19.2. The summed E-state index contributed by atoms with van der Waals surface area (Å²) < 4.78 is 40.0. The first-order valence-corrected chi connectivity index (χ1v) is 5.68. The predicted octanol–water partition coefficient (Wildman–Crippen LogP) is 3.05. The summed E-state index contributed by atoms with van der Waals surface area (Å²) >= 11 is 0. The number of carboxylic acids is 1. The molecule has 0 aliphatic heterocycles. The zero-order valence-electron chi connectivity index (χ0n) is 10.4. The summed E-state index contributed by atoms with van der Waals surface area (Å²) in [5.41, 5.74) is -1.23. The van der Waals surface area contributed by atoms with Gasteiger partial charge in [-0.05, 0) is 30.3 Å². The topological polar surface area (TPSA) is 66.4 Å². The molecule has 0 aromatic heterocycles. The minimum atomic E-state index is -1.35. The molecule has 0 aliphatic rings. The van der Waals surface area contributed by atoms with Crippen molar-refractivity contribution in [3.8, 4) is 0 Å². The first kappa shape index (κ1) is 14.6. The molecule has 0 heterocycles. The predicted molar refractivity (Wildman–Crippen MR) is 67.7 cm³/mol. The fourth-order valence-corrected chi connectivity index (χ4v) is 1.62. The molecule has 0 saturated carbocycles. The Kier molecular flexibility index (Phi) is 3.93. The molecule has 0 atom stereocenters. The second kappa shape index (κ2) is 5.66. The SMILES string of the molecule is O=C(O)c1ccc(NC(=O)c2cccc(F)c2F)c(F)c1. The lowest BCUT2D eigenvalue weighted by atomic mass is 10.1. The van der Waals surface area contributed by atoms with E-state index in [-0.39, 0.29) is 11.3 Å². The molecule has 0 spiro atoms. The third-order valence-electron chi connectivity index (χ3n) is 2.66. The highest BCUT2D eigenvalue weighted by Gasteiger charge is 2.17. The monoisotopic (exact) mass is 295 g/mol. The zero-order valence-corrected chi connectivity index (χ0v) is 10.4. The van der Waals surface area contributed by atoms with Gasteiger partial charge in [0.05, 0.1) is 16.8 Å². The van der Waals surface area contributed by atoms with Crippen molar-refractivity contribution in [1.29, 1.82) is 0 Å². The summed E-state index contributed by atoms with van der Waals surface area (Å²) in [6, 6.07) is 5.82. The minimum absolute atomic E-state index is 0.303. The van der Waals surface area contributed by atoms with Gasteiger partial charge in [0.1, 0.15) is 5.82 Å². The van der Waals surface area contributed by atoms with E-state index in [2.05, 4.69) is 0 Å². The maximum Gasteiger partial charge on any atom is 0.335 e. The highest BCUT2D eigenvalue weighted by molar-refractivity contribution is 6.04. The molecular formula is C14H8F3NO3. The van der Waals surface area contributed by atoms with Crippen molar-refractivity contribution in [2.75, 3.05) is 5.32 Å². The van der Waals surface area contributed by atoms with Crippen molar-refractivity contribution >= 4 is 17.6 Å². The van der Waals surface area contributed by atoms with E-state index in [1.165, 1.54) is 0 Å². The molecule has 108 valence electrons. The Labute approximate surface area is 116 Å². The summed E-state index contributed by atoms with van der Waals surface area (Å²) in [5.74, 6) is -5.93. The molecule has 0 aliphatic carbocycles. The van der Waals surface area contributed by atoms with Gasteiger partial charge in [0.2, 0.25) is 0 Å². The molecule has 0 radical (unpaired) electrons. The van der Waals surface area contributed by atoms with Crippen molar-refractivity contribution in [3.05, 3.63) is 65.0 Å². The molecule has 4 nitrogen and oxygen atoms in total. The third kappa shape index (κ3) is 3.02. The third-order valence-corrected chi connectivity index (χ3v) is 2.66. The van der Waals surface area contributed by atoms with E-state index in [0.29, 0.717) is 6.07 Å². The molecule has 2 aromatic rings. The van der Waals surface area contributed by atoms with Crippen LogP contribution in [0.2, 0.25) is 0 Å². The quantitative estimate of drug-likeness (QED) is 0.914. The summed E-state index contributed by atoms with van der Waals surface area (Å²) in [5, 5.41) is 10.7. The Morgan fingerprint density at radius 2 is 1.71 bits per heavy atom. The average Bonchev–Trinajstić information content (AvgIpc) is 2.43. The minimum Gasteiger partial charge on any atom is -0.478 e. The van der Waals surface area contributed by atoms with Gasteiger partial charge in [-0.25, -0.2) is 18.0 Å². The molecule has 0 saturated heterocycles. The fourth-order valence-electron chi connectivity index (χ4n) is 1.62. The molecule has 21 heavy (non-hydrogen) atoms. The van der Waals surface area contributed by atoms with Crippen molar-refractivity contribution < 1.29 is 27.9 Å². The lowest BCUT2D eigenvalue weighted by Crippen LogP contribution is -2.15. The number of benzene rings is 2. The van der Waals surface area contributed by atoms with Crippen molar-refractivity contribution in [2.45, 2.75) is 0 Å². The number of carbonyl (C=O) groups excluding carboxylic acids is 1. The van der Waals surface area contributed by atoms with Gasteiger partial charge in [0.15, 0.2) is 11.6 Å². The first-order chi connectivity index (χ1) is 9.90. The van der Waals surface area contributed by atoms with Crippen molar-refractivity contribution in [1.82, 2.24) is 0 Å². The number of carboxylic acid groups (broad SMARTS) is 1. The summed E-state index contributed by atoms with van der Waals surface area (Å²) in [6.45, 7) is 0. The average molecular weight is 295 g/mol. The van der Waals surface area contributed by atoms with Crippen LogP contribution in [-0.2, 0) is 0 Å². The van der Waals surface area contributed by atoms with Crippen LogP contribution in [0.1, 0.15) is 20.7 Å². The van der Waals surface area contributed by atoms with Crippen LogP contribution in [0.3, 0.4) is 0 Å². The number of rotatable bonds is 3. The van der Waals surface area contributed by atoms with Crippen LogP contribution in [0, 0.1) is 17.5 Å². The lowest BCUT2D eigenvalue weighted by Gasteiger charge is -2.08. The number of halogens is 3. The molecule has 2 rings (SSSR count). The maximum atomic E-state index is 13.6. The van der Waals surface area contributed by atoms with Crippen molar-refractivity contribution in [2.24, 2.45) is 0 Å². The largest absolute Gasteiger partial charge is 0.478 e. The van der Waals surface area contributed by atoms with Gasteiger partial charge in [-0.3, -0.25) is 4.79 Å². The van der Waals surface area contributed by atoms with Gasteiger partial charge in [0, 0.05) is 0 Å². The Morgan fingerprint density at radius 1 is 1.00 bits per heavy atom. The number of hydrogen-bond donors (Lipinski definition) is 2. The molecule has 0 bridgehead atoms. The van der Waals surface area contributed by atoms with Gasteiger partial charge in [0.25, 0.3) is 5.91 Å². The molecule has 0 fully saturated rings. The van der Waals surface area contributed by atoms with Gasteiger partial charge in [-0.2, -0.15) is 0 Å². The lowest BCUT2D eigenvalue weighted by molar-refractivity contribution is 0.0696. The maximum absolute atomic E-state index is 13.6. The van der Waals surface area contributed by atoms with Gasteiger partial charge >= 0.3 is 5.97 Å². The van der Waals surface area contributed by atoms with E-state index in [0.717, 1.165) is 30.3 Å². The molecule has 2 N–H and O–H groups in total. The smallest absolute Gasteiger partial charge is 0.335 e. The number of amides is 1. The van der Waals surface area contributed by atoms with E-state index in [1.54, 1.807) is 0 Å². The molecule has 7 heteroatoms. The fraction of sp³-hybridized carbons (Fsp3) is 0. The van der Waals surface area contributed by atoms with Crippen LogP contribution in [0.5, 0.6) is 0 Å². The summed E-state index contributed by atoms with van der Waals surface area (Å²) in [6.07, 6.45) is 0. The van der Waals surface area contributed by atoms with Crippen LogP contribution >= 0.6 is 0 Å². The Balaban J connectivity index is 2.28. The number of carbonyl (C=O) groups is 2. The Hall–Kier alpha value is -2.83. The highest BCUT2D eigenvalue weighted by Crippen LogP contribution is 2.18. The number of nitrogens with one attached hydrogen (secondary N) is 1. The van der Waals surface area contributed by atoms with Crippen LogP contribution in [-0.4, -0.2) is 17.0 Å². The Bertz CT molecular complexity index is 731. The van der Waals surface area contributed by atoms with Crippen LogP contribution in [0.4, 0.5) is 18.9 Å². The van der Waals surface area contributed by atoms with E-state index < -0.39 is 34.9 Å². The molecule has 0 unspecified atom stereocenters. The number of anilines is 1. The van der Waals surface area contributed by atoms with E-state index >= 15 is 0 Å². The summed E-state index contributed by atoms with van der Waals surface area (Å²) in [7, 11) is 0. The van der Waals surface area contributed by atoms with E-state index in [4.69, 9.17) is 5.11 Å². The summed E-state index contributed by atoms with van der Waals surface area (Å²) in [4.78, 5) is 22.4. The van der Waals surface area contributed by atoms with Crippen LogP contribution < -0.4 is 5.32 Å². The molecule has 2 aromatic carbocycles. The number of hydrogen-bond acceptors (Lipinski definition) is 2. The first-order valence-electron chi connectivity index (χ1n) is 5.68. The zero-order chi connectivity index (χ0) is 15.6. The second-order valence-corrected chi connectivity index (χ2v) is 4.06. The van der Waals surface area contributed by atoms with Crippen LogP contribution in [0.25, 0.3) is 0 Å². The van der Waals surface area contributed by atoms with E-state index in [1.807, 2.05) is 5.32 Å². The molecule has 1 amide bonds. The standard InChI is InChI=1S/C14H8F3NO3/c15-9-3-1-2-8(12(9)17)13(19)18-11-5-4-7(14(20)21)6-10(11)16/h1-6H,(H,18,19)(H,20,21). The van der Waals surface area contributed by atoms with Crippen LogP contribution in [0.15, 0.2) is 36.4 Å². The Morgan fingerprint density at radius 3 is 2.33 bits per heavy atom. The van der Waals surface area contributed by atoms with Gasteiger partial charge < -0.3 is 10.4 Å². The normalized spacial score (nSPS) is 10.2. The van der Waals surface area contributed by atoms with Crippen molar-refractivity contribution in [3.63, 3.8) is 0 Å². The van der Waals surface area contributed by atoms with Gasteiger partial charge in [-0.15, -0.1) is 0 Å².